The second-order valence-electron chi connectivity index (χ2n) is 7.72. The normalized spacial score (nSPS) is 15.8. The quantitative estimate of drug-likeness (QED) is 0.778. The molecule has 0 bridgehead atoms. The third kappa shape index (κ3) is 5.36. The monoisotopic (exact) mass is 416 g/mol. The van der Waals surface area contributed by atoms with E-state index in [-0.39, 0.29) is 17.4 Å². The van der Waals surface area contributed by atoms with E-state index in [4.69, 9.17) is 4.74 Å². The molecule has 0 aliphatic carbocycles. The van der Waals surface area contributed by atoms with E-state index in [1.807, 2.05) is 32.0 Å². The van der Waals surface area contributed by atoms with Crippen LogP contribution in [0.4, 0.5) is 5.69 Å². The molecule has 7 heteroatoms. The average Bonchev–Trinajstić information content (AvgIpc) is 2.69. The largest absolute Gasteiger partial charge is 0.483 e. The van der Waals surface area contributed by atoms with Crippen LogP contribution >= 0.6 is 0 Å². The molecule has 2 aromatic rings. The number of nitrogens with zero attached hydrogens (tertiary/aromatic N) is 1. The Bertz CT molecular complexity index is 963. The van der Waals surface area contributed by atoms with Crippen molar-refractivity contribution in [2.45, 2.75) is 38.5 Å². The topological polar surface area (TPSA) is 75.7 Å². The van der Waals surface area contributed by atoms with E-state index in [0.29, 0.717) is 30.4 Å². The third-order valence-electron chi connectivity index (χ3n) is 5.22. The van der Waals surface area contributed by atoms with Gasteiger partial charge < -0.3 is 10.1 Å². The second-order valence-corrected chi connectivity index (χ2v) is 9.65. The fourth-order valence-electron chi connectivity index (χ4n) is 3.29. The van der Waals surface area contributed by atoms with Crippen LogP contribution in [-0.2, 0) is 14.8 Å². The van der Waals surface area contributed by atoms with Crippen LogP contribution in [-0.4, -0.2) is 38.3 Å². The zero-order chi connectivity index (χ0) is 21.0. The van der Waals surface area contributed by atoms with Crippen molar-refractivity contribution < 1.29 is 17.9 Å². The summed E-state index contributed by atoms with van der Waals surface area (Å²) in [4.78, 5) is 12.4. The number of carbonyl (C=O) groups excluding carboxylic acids is 1. The van der Waals surface area contributed by atoms with E-state index in [1.165, 1.54) is 12.1 Å². The van der Waals surface area contributed by atoms with Crippen molar-refractivity contribution in [3.63, 3.8) is 0 Å². The van der Waals surface area contributed by atoms with Crippen LogP contribution in [0.15, 0.2) is 47.4 Å². The summed E-state index contributed by atoms with van der Waals surface area (Å²) < 4.78 is 32.7. The van der Waals surface area contributed by atoms with Gasteiger partial charge in [-0.05, 0) is 74.1 Å². The molecular formula is C22H28N2O4S. The Labute approximate surface area is 172 Å². The predicted octanol–water partition coefficient (Wildman–Crippen LogP) is 3.74. The molecule has 156 valence electrons. The number of nitrogens with one attached hydrogen (secondary N) is 1. The summed E-state index contributed by atoms with van der Waals surface area (Å²) in [5.41, 5.74) is 2.56. The van der Waals surface area contributed by atoms with Crippen LogP contribution in [0.2, 0.25) is 0 Å². The zero-order valence-corrected chi connectivity index (χ0v) is 18.0. The maximum atomic E-state index is 12.8. The molecule has 1 fully saturated rings. The number of carbonyl (C=O) groups is 1. The van der Waals surface area contributed by atoms with Crippen molar-refractivity contribution in [3.8, 4) is 5.75 Å². The summed E-state index contributed by atoms with van der Waals surface area (Å²) in [6.45, 7) is 7.03. The van der Waals surface area contributed by atoms with Crippen LogP contribution < -0.4 is 10.1 Å². The van der Waals surface area contributed by atoms with E-state index in [9.17, 15) is 13.2 Å². The summed E-state index contributed by atoms with van der Waals surface area (Å²) in [6, 6.07) is 12.1. The van der Waals surface area contributed by atoms with Crippen LogP contribution in [0.3, 0.4) is 0 Å². The molecule has 0 radical (unpaired) electrons. The maximum Gasteiger partial charge on any atom is 0.262 e. The number of piperidine rings is 1. The number of sulfonamides is 1. The first kappa shape index (κ1) is 21.3. The fraction of sp³-hybridized carbons (Fsp3) is 0.409. The average molecular weight is 417 g/mol. The van der Waals surface area contributed by atoms with Gasteiger partial charge in [-0.3, -0.25) is 4.79 Å². The highest BCUT2D eigenvalue weighted by molar-refractivity contribution is 7.89. The van der Waals surface area contributed by atoms with Gasteiger partial charge in [0.05, 0.1) is 4.90 Å². The van der Waals surface area contributed by atoms with Crippen LogP contribution in [0, 0.1) is 19.8 Å². The van der Waals surface area contributed by atoms with Crippen molar-refractivity contribution in [3.05, 3.63) is 53.6 Å². The fourth-order valence-corrected chi connectivity index (χ4v) is 4.76. The molecule has 1 amide bonds. The number of hydrogen-bond donors (Lipinski definition) is 1. The minimum Gasteiger partial charge on any atom is -0.483 e. The first-order valence-corrected chi connectivity index (χ1v) is 11.3. The number of anilines is 1. The van der Waals surface area contributed by atoms with Crippen molar-refractivity contribution in [2.24, 2.45) is 5.92 Å². The number of benzene rings is 2. The van der Waals surface area contributed by atoms with Gasteiger partial charge in [0.2, 0.25) is 10.0 Å². The Hall–Kier alpha value is -2.38. The van der Waals surface area contributed by atoms with E-state index in [2.05, 4.69) is 12.2 Å². The molecule has 29 heavy (non-hydrogen) atoms. The predicted molar refractivity (Wildman–Crippen MR) is 114 cm³/mol. The molecule has 0 aromatic heterocycles. The molecule has 6 nitrogen and oxygen atoms in total. The molecule has 1 heterocycles. The Kier molecular flexibility index (Phi) is 6.59. The molecule has 2 aromatic carbocycles. The van der Waals surface area contributed by atoms with E-state index in [0.717, 1.165) is 24.0 Å². The van der Waals surface area contributed by atoms with Crippen LogP contribution in [0.5, 0.6) is 5.75 Å². The zero-order valence-electron chi connectivity index (χ0n) is 17.1. The summed E-state index contributed by atoms with van der Waals surface area (Å²) in [6.07, 6.45) is 1.77. The highest BCUT2D eigenvalue weighted by atomic mass is 32.2. The maximum absolute atomic E-state index is 12.8. The van der Waals surface area contributed by atoms with Gasteiger partial charge in [-0.25, -0.2) is 8.42 Å². The molecule has 0 saturated carbocycles. The van der Waals surface area contributed by atoms with Gasteiger partial charge in [0.25, 0.3) is 5.91 Å². The third-order valence-corrected chi connectivity index (χ3v) is 7.13. The van der Waals surface area contributed by atoms with Gasteiger partial charge in [-0.1, -0.05) is 19.1 Å². The molecule has 0 spiro atoms. The molecular weight excluding hydrogens is 388 g/mol. The van der Waals surface area contributed by atoms with Crippen molar-refractivity contribution in [1.82, 2.24) is 4.31 Å². The molecule has 1 aliphatic rings. The standard InChI is InChI=1S/C22H28N2O4S/c1-16-10-12-24(13-11-16)29(26,27)20-8-6-19(7-9-20)23-22(25)15-28-21-14-17(2)4-5-18(21)3/h4-9,14,16H,10-13,15H2,1-3H3,(H,23,25). The van der Waals surface area contributed by atoms with Crippen LogP contribution in [0.25, 0.3) is 0 Å². The second kappa shape index (κ2) is 8.97. The molecule has 0 unspecified atom stereocenters. The SMILES string of the molecule is Cc1ccc(C)c(OCC(=O)Nc2ccc(S(=O)(=O)N3CCC(C)CC3)cc2)c1. The number of aryl methyl sites for hydroxylation is 2. The lowest BCUT2D eigenvalue weighted by Crippen LogP contribution is -2.37. The lowest BCUT2D eigenvalue weighted by molar-refractivity contribution is -0.118. The van der Waals surface area contributed by atoms with E-state index >= 15 is 0 Å². The molecule has 1 aliphatic heterocycles. The number of hydrogen-bond acceptors (Lipinski definition) is 4. The minimum atomic E-state index is -3.49. The molecule has 1 saturated heterocycles. The highest BCUT2D eigenvalue weighted by Gasteiger charge is 2.27. The smallest absolute Gasteiger partial charge is 0.262 e. The highest BCUT2D eigenvalue weighted by Crippen LogP contribution is 2.24. The molecule has 1 N–H and O–H groups in total. The van der Waals surface area contributed by atoms with Crippen molar-refractivity contribution in [1.29, 1.82) is 0 Å². The molecule has 0 atom stereocenters. The van der Waals surface area contributed by atoms with E-state index < -0.39 is 10.0 Å². The first-order chi connectivity index (χ1) is 13.8. The summed E-state index contributed by atoms with van der Waals surface area (Å²) >= 11 is 0. The lowest BCUT2D eigenvalue weighted by Gasteiger charge is -2.29. The number of rotatable bonds is 6. The van der Waals surface area contributed by atoms with E-state index in [1.54, 1.807) is 16.4 Å². The summed E-state index contributed by atoms with van der Waals surface area (Å²) in [5.74, 6) is 0.939. The van der Waals surface area contributed by atoms with Gasteiger partial charge >= 0.3 is 0 Å². The van der Waals surface area contributed by atoms with Gasteiger partial charge in [0.1, 0.15) is 5.75 Å². The molecule has 3 rings (SSSR count). The van der Waals surface area contributed by atoms with Gasteiger partial charge in [0.15, 0.2) is 6.61 Å². The van der Waals surface area contributed by atoms with Gasteiger partial charge in [0, 0.05) is 18.8 Å². The first-order valence-electron chi connectivity index (χ1n) is 9.86. The Balaban J connectivity index is 1.58. The van der Waals surface area contributed by atoms with Gasteiger partial charge in [-0.15, -0.1) is 0 Å². The Morgan fingerprint density at radius 3 is 2.41 bits per heavy atom. The lowest BCUT2D eigenvalue weighted by atomic mass is 10.0. The van der Waals surface area contributed by atoms with Crippen molar-refractivity contribution >= 4 is 21.6 Å². The number of ether oxygens (including phenoxy) is 1. The minimum absolute atomic E-state index is 0.115. The van der Waals surface area contributed by atoms with Crippen LogP contribution in [0.1, 0.15) is 30.9 Å². The number of amides is 1. The van der Waals surface area contributed by atoms with Crippen molar-refractivity contribution in [2.75, 3.05) is 25.0 Å². The Morgan fingerprint density at radius 2 is 1.76 bits per heavy atom. The van der Waals surface area contributed by atoms with Gasteiger partial charge in [-0.2, -0.15) is 4.31 Å². The summed E-state index contributed by atoms with van der Waals surface area (Å²) in [5, 5.41) is 2.74. The Morgan fingerprint density at radius 1 is 1.10 bits per heavy atom. The summed E-state index contributed by atoms with van der Waals surface area (Å²) in [7, 11) is -3.49.